The zero-order valence-electron chi connectivity index (χ0n) is 16.9. The van der Waals surface area contributed by atoms with Gasteiger partial charge in [0.15, 0.2) is 6.54 Å². The van der Waals surface area contributed by atoms with E-state index in [-0.39, 0.29) is 11.7 Å². The van der Waals surface area contributed by atoms with Crippen LogP contribution in [0.4, 0.5) is 10.1 Å². The van der Waals surface area contributed by atoms with Crippen molar-refractivity contribution in [2.75, 3.05) is 58.3 Å². The lowest BCUT2D eigenvalue weighted by Gasteiger charge is -2.29. The molecular formula is C22H30FN3O3+2. The zero-order valence-corrected chi connectivity index (χ0v) is 16.9. The predicted octanol–water partition coefficient (Wildman–Crippen LogP) is 0.0253. The van der Waals surface area contributed by atoms with Gasteiger partial charge in [-0.1, -0.05) is 6.07 Å². The number of hydrogen-bond donors (Lipinski definition) is 3. The zero-order chi connectivity index (χ0) is 20.5. The third kappa shape index (κ3) is 7.03. The molecule has 1 aliphatic heterocycles. The quantitative estimate of drug-likeness (QED) is 0.518. The number of carbonyl (C=O) groups is 1. The van der Waals surface area contributed by atoms with Gasteiger partial charge in [0.2, 0.25) is 0 Å². The van der Waals surface area contributed by atoms with E-state index in [1.807, 2.05) is 24.3 Å². The van der Waals surface area contributed by atoms with Gasteiger partial charge in [0.1, 0.15) is 43.5 Å². The van der Waals surface area contributed by atoms with Gasteiger partial charge in [-0.2, -0.15) is 0 Å². The molecular weight excluding hydrogens is 373 g/mol. The second-order valence-electron chi connectivity index (χ2n) is 7.36. The topological polar surface area (TPSA) is 56.4 Å². The van der Waals surface area contributed by atoms with Crippen molar-refractivity contribution in [3.05, 3.63) is 54.3 Å². The summed E-state index contributed by atoms with van der Waals surface area (Å²) in [4.78, 5) is 15.0. The van der Waals surface area contributed by atoms with E-state index in [4.69, 9.17) is 9.47 Å². The highest BCUT2D eigenvalue weighted by Gasteiger charge is 2.24. The normalized spacial score (nSPS) is 18.8. The van der Waals surface area contributed by atoms with Crippen LogP contribution in [0.15, 0.2) is 48.5 Å². The summed E-state index contributed by atoms with van der Waals surface area (Å²) >= 11 is 0. The second-order valence-corrected chi connectivity index (χ2v) is 7.36. The molecule has 29 heavy (non-hydrogen) atoms. The standard InChI is InChI=1S/C22H28FN3O3/c1-28-20-6-8-21(9-7-20)29-15-3-10-25-11-13-26(14-12-25)17-22(27)24-19-5-2-4-18(23)16-19/h2,4-9,16H,3,10-15,17H2,1H3,(H,24,27)/p+2. The fraction of sp³-hybridized carbons (Fsp3) is 0.409. The monoisotopic (exact) mass is 403 g/mol. The van der Waals surface area contributed by atoms with E-state index in [0.717, 1.165) is 50.6 Å². The smallest absolute Gasteiger partial charge is 0.279 e. The molecule has 0 unspecified atom stereocenters. The highest BCUT2D eigenvalue weighted by Crippen LogP contribution is 2.16. The Morgan fingerprint density at radius 3 is 2.41 bits per heavy atom. The van der Waals surface area contributed by atoms with E-state index in [0.29, 0.717) is 18.8 Å². The number of amides is 1. The maximum absolute atomic E-state index is 13.2. The van der Waals surface area contributed by atoms with Gasteiger partial charge in [-0.05, 0) is 42.5 Å². The first-order valence-corrected chi connectivity index (χ1v) is 10.1. The molecule has 6 nitrogen and oxygen atoms in total. The lowest BCUT2D eigenvalue weighted by Crippen LogP contribution is -3.28. The molecule has 0 radical (unpaired) electrons. The number of benzene rings is 2. The van der Waals surface area contributed by atoms with Crippen LogP contribution in [0.3, 0.4) is 0 Å². The molecule has 156 valence electrons. The SMILES string of the molecule is COc1ccc(OCCC[NH+]2CC[NH+](CC(=O)Nc3cccc(F)c3)CC2)cc1. The summed E-state index contributed by atoms with van der Waals surface area (Å²) in [5.41, 5.74) is 0.510. The molecule has 0 aliphatic carbocycles. The molecule has 2 aromatic carbocycles. The van der Waals surface area contributed by atoms with Crippen molar-refractivity contribution < 1.29 is 28.5 Å². The number of halogens is 1. The van der Waals surface area contributed by atoms with Gasteiger partial charge in [-0.3, -0.25) is 4.79 Å². The highest BCUT2D eigenvalue weighted by molar-refractivity contribution is 5.91. The minimum absolute atomic E-state index is 0.0676. The van der Waals surface area contributed by atoms with E-state index in [2.05, 4.69) is 5.32 Å². The first-order chi connectivity index (χ1) is 14.1. The summed E-state index contributed by atoms with van der Waals surface area (Å²) in [6.45, 7) is 6.21. The first kappa shape index (κ1) is 21.1. The van der Waals surface area contributed by atoms with Crippen LogP contribution in [-0.4, -0.2) is 58.9 Å². The molecule has 1 amide bonds. The molecule has 3 rings (SSSR count). The molecule has 0 atom stereocenters. The Kier molecular flexibility index (Phi) is 7.84. The maximum Gasteiger partial charge on any atom is 0.279 e. The molecule has 0 spiro atoms. The van der Waals surface area contributed by atoms with Crippen LogP contribution in [0.1, 0.15) is 6.42 Å². The van der Waals surface area contributed by atoms with E-state index in [9.17, 15) is 9.18 Å². The number of carbonyl (C=O) groups excluding carboxylic acids is 1. The van der Waals surface area contributed by atoms with Gasteiger partial charge in [0, 0.05) is 12.1 Å². The third-order valence-corrected chi connectivity index (χ3v) is 5.19. The first-order valence-electron chi connectivity index (χ1n) is 10.1. The Balaban J connectivity index is 1.29. The summed E-state index contributed by atoms with van der Waals surface area (Å²) in [5, 5.41) is 2.77. The van der Waals surface area contributed by atoms with Crippen molar-refractivity contribution in [1.29, 1.82) is 0 Å². The van der Waals surface area contributed by atoms with Gasteiger partial charge in [0.25, 0.3) is 5.91 Å². The lowest BCUT2D eigenvalue weighted by molar-refractivity contribution is -1.01. The van der Waals surface area contributed by atoms with Crippen molar-refractivity contribution in [2.45, 2.75) is 6.42 Å². The number of anilines is 1. The molecule has 1 saturated heterocycles. The van der Waals surface area contributed by atoms with Crippen molar-refractivity contribution in [3.8, 4) is 11.5 Å². The Labute approximate surface area is 171 Å². The number of methoxy groups -OCH3 is 1. The van der Waals surface area contributed by atoms with Crippen LogP contribution in [0.2, 0.25) is 0 Å². The van der Waals surface area contributed by atoms with Crippen molar-refractivity contribution in [2.24, 2.45) is 0 Å². The number of ether oxygens (including phenoxy) is 2. The van der Waals surface area contributed by atoms with Gasteiger partial charge in [-0.25, -0.2) is 4.39 Å². The largest absolute Gasteiger partial charge is 0.497 e. The number of quaternary nitrogens is 2. The van der Waals surface area contributed by atoms with Crippen molar-refractivity contribution in [3.63, 3.8) is 0 Å². The van der Waals surface area contributed by atoms with Crippen LogP contribution in [-0.2, 0) is 4.79 Å². The molecule has 1 aliphatic rings. The molecule has 0 bridgehead atoms. The summed E-state index contributed by atoms with van der Waals surface area (Å²) in [7, 11) is 1.65. The highest BCUT2D eigenvalue weighted by atomic mass is 19.1. The van der Waals surface area contributed by atoms with E-state index in [1.165, 1.54) is 17.0 Å². The fourth-order valence-electron chi connectivity index (χ4n) is 3.57. The minimum atomic E-state index is -0.344. The summed E-state index contributed by atoms with van der Waals surface area (Å²) in [6, 6.07) is 13.6. The molecule has 0 saturated carbocycles. The lowest BCUT2D eigenvalue weighted by atomic mass is 10.2. The Bertz CT molecular complexity index is 777. The Hall–Kier alpha value is -2.64. The fourth-order valence-corrected chi connectivity index (χ4v) is 3.57. The van der Waals surface area contributed by atoms with E-state index >= 15 is 0 Å². The van der Waals surface area contributed by atoms with Crippen LogP contribution in [0.5, 0.6) is 11.5 Å². The number of rotatable bonds is 9. The van der Waals surface area contributed by atoms with E-state index < -0.39 is 0 Å². The molecule has 3 N–H and O–H groups in total. The average molecular weight is 403 g/mol. The molecule has 7 heteroatoms. The minimum Gasteiger partial charge on any atom is -0.497 e. The number of piperazine rings is 1. The molecule has 1 heterocycles. The van der Waals surface area contributed by atoms with Crippen LogP contribution < -0.4 is 24.6 Å². The van der Waals surface area contributed by atoms with Gasteiger partial charge >= 0.3 is 0 Å². The Morgan fingerprint density at radius 2 is 1.72 bits per heavy atom. The molecule has 2 aromatic rings. The number of nitrogens with one attached hydrogen (secondary N) is 3. The van der Waals surface area contributed by atoms with Crippen LogP contribution in [0, 0.1) is 5.82 Å². The van der Waals surface area contributed by atoms with Crippen molar-refractivity contribution >= 4 is 11.6 Å². The van der Waals surface area contributed by atoms with E-state index in [1.54, 1.807) is 24.1 Å². The van der Waals surface area contributed by atoms with Gasteiger partial charge in [0.05, 0.1) is 20.3 Å². The van der Waals surface area contributed by atoms with Crippen molar-refractivity contribution in [1.82, 2.24) is 0 Å². The summed E-state index contributed by atoms with van der Waals surface area (Å²) < 4.78 is 24.1. The third-order valence-electron chi connectivity index (χ3n) is 5.19. The van der Waals surface area contributed by atoms with Gasteiger partial charge in [-0.15, -0.1) is 0 Å². The summed E-state index contributed by atoms with van der Waals surface area (Å²) in [6.07, 6.45) is 0.997. The average Bonchev–Trinajstić information content (AvgIpc) is 2.73. The Morgan fingerprint density at radius 1 is 1.03 bits per heavy atom. The van der Waals surface area contributed by atoms with Crippen LogP contribution >= 0.6 is 0 Å². The predicted molar refractivity (Wildman–Crippen MR) is 109 cm³/mol. The maximum atomic E-state index is 13.2. The second kappa shape index (κ2) is 10.8. The molecule has 0 aromatic heterocycles. The molecule has 1 fully saturated rings. The van der Waals surface area contributed by atoms with Crippen LogP contribution in [0.25, 0.3) is 0 Å². The van der Waals surface area contributed by atoms with Gasteiger partial charge < -0.3 is 24.6 Å². The number of hydrogen-bond acceptors (Lipinski definition) is 3. The summed E-state index contributed by atoms with van der Waals surface area (Å²) in [5.74, 6) is 1.27.